The maximum atomic E-state index is 5.97. The van der Waals surface area contributed by atoms with Crippen molar-refractivity contribution in [3.8, 4) is 0 Å². The molecule has 19 heavy (non-hydrogen) atoms. The van der Waals surface area contributed by atoms with Gasteiger partial charge in [-0.2, -0.15) is 0 Å². The molecule has 1 fully saturated rings. The number of nitrogens with one attached hydrogen (secondary N) is 1. The first-order chi connectivity index (χ1) is 9.04. The maximum absolute atomic E-state index is 5.97. The molecular weight excluding hydrogens is 236 g/mol. The lowest BCUT2D eigenvalue weighted by Gasteiger charge is -2.34. The highest BCUT2D eigenvalue weighted by Crippen LogP contribution is 2.25. The highest BCUT2D eigenvalue weighted by Gasteiger charge is 2.32. The van der Waals surface area contributed by atoms with Gasteiger partial charge in [-0.15, -0.1) is 0 Å². The van der Waals surface area contributed by atoms with Crippen molar-refractivity contribution in [2.45, 2.75) is 83.3 Å². The topological polar surface area (TPSA) is 47.3 Å². The highest BCUT2D eigenvalue weighted by atomic mass is 16.5. The Morgan fingerprint density at radius 2 is 2.00 bits per heavy atom. The molecule has 1 heterocycles. The number of unbranched alkanes of at least 4 members (excludes halogenated alkanes) is 4. The predicted molar refractivity (Wildman–Crippen MR) is 82.4 cm³/mol. The molecule has 3 N–H and O–H groups in total. The van der Waals surface area contributed by atoms with Gasteiger partial charge in [-0.1, -0.05) is 39.0 Å². The van der Waals surface area contributed by atoms with Crippen molar-refractivity contribution in [2.75, 3.05) is 19.7 Å². The minimum atomic E-state index is 0.0264. The number of ether oxygens (including phenoxy) is 1. The highest BCUT2D eigenvalue weighted by molar-refractivity contribution is 4.90. The Labute approximate surface area is 119 Å². The fourth-order valence-electron chi connectivity index (χ4n) is 2.76. The summed E-state index contributed by atoms with van der Waals surface area (Å²) in [7, 11) is 0. The summed E-state index contributed by atoms with van der Waals surface area (Å²) >= 11 is 0. The summed E-state index contributed by atoms with van der Waals surface area (Å²) in [6.45, 7) is 9.27. The summed E-state index contributed by atoms with van der Waals surface area (Å²) in [5.41, 5.74) is 6.07. The van der Waals surface area contributed by atoms with Crippen LogP contribution >= 0.6 is 0 Å². The van der Waals surface area contributed by atoms with E-state index in [9.17, 15) is 0 Å². The average Bonchev–Trinajstić information content (AvgIpc) is 2.84. The molecule has 0 saturated carbocycles. The third-order valence-electron chi connectivity index (χ3n) is 4.47. The lowest BCUT2D eigenvalue weighted by Crippen LogP contribution is -2.53. The van der Waals surface area contributed by atoms with Crippen molar-refractivity contribution in [3.05, 3.63) is 0 Å². The van der Waals surface area contributed by atoms with Crippen LogP contribution in [0.5, 0.6) is 0 Å². The molecule has 2 unspecified atom stereocenters. The first kappa shape index (κ1) is 16.9. The second-order valence-electron chi connectivity index (χ2n) is 6.68. The molecule has 2 atom stereocenters. The van der Waals surface area contributed by atoms with Gasteiger partial charge < -0.3 is 15.8 Å². The second kappa shape index (κ2) is 8.23. The van der Waals surface area contributed by atoms with Gasteiger partial charge in [-0.25, -0.2) is 0 Å². The van der Waals surface area contributed by atoms with Crippen LogP contribution in [0.4, 0.5) is 0 Å². The monoisotopic (exact) mass is 270 g/mol. The Morgan fingerprint density at radius 3 is 2.58 bits per heavy atom. The van der Waals surface area contributed by atoms with E-state index in [0.717, 1.165) is 19.6 Å². The van der Waals surface area contributed by atoms with Crippen molar-refractivity contribution >= 4 is 0 Å². The van der Waals surface area contributed by atoms with Crippen LogP contribution < -0.4 is 11.1 Å². The van der Waals surface area contributed by atoms with E-state index in [0.29, 0.717) is 6.54 Å². The maximum Gasteiger partial charge on any atom is 0.0779 e. The number of hydrogen-bond donors (Lipinski definition) is 2. The van der Waals surface area contributed by atoms with E-state index >= 15 is 0 Å². The van der Waals surface area contributed by atoms with Gasteiger partial charge in [0, 0.05) is 25.2 Å². The molecule has 3 heteroatoms. The van der Waals surface area contributed by atoms with Crippen molar-refractivity contribution in [1.82, 2.24) is 5.32 Å². The standard InChI is InChI=1S/C16H34N2O/c1-4-5-6-7-8-10-15(2,13-17)18-14-16(3)11-9-12-19-16/h18H,4-14,17H2,1-3H3. The molecule has 0 aromatic carbocycles. The van der Waals surface area contributed by atoms with Gasteiger partial charge in [0.25, 0.3) is 0 Å². The summed E-state index contributed by atoms with van der Waals surface area (Å²) in [5.74, 6) is 0. The van der Waals surface area contributed by atoms with E-state index in [4.69, 9.17) is 10.5 Å². The van der Waals surface area contributed by atoms with Crippen LogP contribution in [0.1, 0.15) is 72.1 Å². The number of rotatable bonds is 10. The molecule has 1 aliphatic rings. The van der Waals surface area contributed by atoms with E-state index in [1.807, 2.05) is 0 Å². The van der Waals surface area contributed by atoms with Gasteiger partial charge in [0.2, 0.25) is 0 Å². The molecule has 1 aliphatic heterocycles. The van der Waals surface area contributed by atoms with Crippen molar-refractivity contribution < 1.29 is 4.74 Å². The SMILES string of the molecule is CCCCCCCC(C)(CN)NCC1(C)CCCO1. The van der Waals surface area contributed by atoms with Gasteiger partial charge in [-0.05, 0) is 33.1 Å². The summed E-state index contributed by atoms with van der Waals surface area (Å²) in [6.07, 6.45) is 10.2. The largest absolute Gasteiger partial charge is 0.374 e. The van der Waals surface area contributed by atoms with E-state index in [1.165, 1.54) is 44.9 Å². The van der Waals surface area contributed by atoms with E-state index in [1.54, 1.807) is 0 Å². The predicted octanol–water partition coefficient (Wildman–Crippen LogP) is 3.22. The molecule has 0 amide bonds. The molecule has 0 bridgehead atoms. The molecule has 0 aliphatic carbocycles. The Bertz CT molecular complexity index is 239. The molecule has 0 spiro atoms. The Kier molecular flexibility index (Phi) is 7.33. The molecule has 1 rings (SSSR count). The Morgan fingerprint density at radius 1 is 1.26 bits per heavy atom. The van der Waals surface area contributed by atoms with Crippen molar-refractivity contribution in [2.24, 2.45) is 5.73 Å². The molecule has 3 nitrogen and oxygen atoms in total. The lowest BCUT2D eigenvalue weighted by molar-refractivity contribution is 0.0146. The normalized spacial score (nSPS) is 26.5. The number of nitrogens with two attached hydrogens (primary N) is 1. The van der Waals surface area contributed by atoms with E-state index in [2.05, 4.69) is 26.1 Å². The molecule has 1 saturated heterocycles. The zero-order valence-electron chi connectivity index (χ0n) is 13.3. The molecule has 0 aromatic rings. The fraction of sp³-hybridized carbons (Fsp3) is 1.00. The minimum absolute atomic E-state index is 0.0264. The van der Waals surface area contributed by atoms with Crippen molar-refractivity contribution in [1.29, 1.82) is 0 Å². The quantitative estimate of drug-likeness (QED) is 0.599. The molecule has 0 aromatic heterocycles. The van der Waals surface area contributed by atoms with Crippen LogP contribution in [0.25, 0.3) is 0 Å². The Hall–Kier alpha value is -0.120. The lowest BCUT2D eigenvalue weighted by atomic mass is 9.92. The zero-order chi connectivity index (χ0) is 14.2. The molecular formula is C16H34N2O. The molecule has 0 radical (unpaired) electrons. The van der Waals surface area contributed by atoms with Gasteiger partial charge >= 0.3 is 0 Å². The summed E-state index contributed by atoms with van der Waals surface area (Å²) in [4.78, 5) is 0. The summed E-state index contributed by atoms with van der Waals surface area (Å²) < 4.78 is 5.83. The van der Waals surface area contributed by atoms with E-state index in [-0.39, 0.29) is 11.1 Å². The zero-order valence-corrected chi connectivity index (χ0v) is 13.3. The van der Waals surface area contributed by atoms with Crippen molar-refractivity contribution in [3.63, 3.8) is 0 Å². The van der Waals surface area contributed by atoms with Crippen LogP contribution in [0.3, 0.4) is 0 Å². The third kappa shape index (κ3) is 6.24. The summed E-state index contributed by atoms with van der Waals surface area (Å²) in [6, 6.07) is 0. The first-order valence-electron chi connectivity index (χ1n) is 8.13. The minimum Gasteiger partial charge on any atom is -0.374 e. The van der Waals surface area contributed by atoms with Gasteiger partial charge in [0.15, 0.2) is 0 Å². The second-order valence-corrected chi connectivity index (χ2v) is 6.68. The van der Waals surface area contributed by atoms with Gasteiger partial charge in [0.05, 0.1) is 5.60 Å². The Balaban J connectivity index is 2.25. The molecule has 114 valence electrons. The summed E-state index contributed by atoms with van der Waals surface area (Å²) in [5, 5.41) is 3.67. The smallest absolute Gasteiger partial charge is 0.0779 e. The van der Waals surface area contributed by atoms with Gasteiger partial charge in [-0.3, -0.25) is 0 Å². The number of hydrogen-bond acceptors (Lipinski definition) is 3. The first-order valence-corrected chi connectivity index (χ1v) is 8.13. The van der Waals surface area contributed by atoms with Crippen LogP contribution in [-0.4, -0.2) is 30.8 Å². The van der Waals surface area contributed by atoms with Crippen LogP contribution in [-0.2, 0) is 4.74 Å². The average molecular weight is 270 g/mol. The van der Waals surface area contributed by atoms with Crippen LogP contribution in [0.2, 0.25) is 0 Å². The fourth-order valence-corrected chi connectivity index (χ4v) is 2.76. The van der Waals surface area contributed by atoms with Crippen LogP contribution in [0, 0.1) is 0 Å². The third-order valence-corrected chi connectivity index (χ3v) is 4.47. The van der Waals surface area contributed by atoms with Gasteiger partial charge in [0.1, 0.15) is 0 Å². The van der Waals surface area contributed by atoms with E-state index < -0.39 is 0 Å². The van der Waals surface area contributed by atoms with Crippen LogP contribution in [0.15, 0.2) is 0 Å².